The molecule has 4 aliphatic carbocycles. The van der Waals surface area contributed by atoms with Crippen molar-refractivity contribution in [2.24, 2.45) is 16.7 Å². The van der Waals surface area contributed by atoms with Crippen LogP contribution in [-0.4, -0.2) is 9.52 Å². The number of hydrogen-bond acceptors (Lipinski definition) is 0. The maximum absolute atomic E-state index is 2.50. The predicted molar refractivity (Wildman–Crippen MR) is 94.2 cm³/mol. The van der Waals surface area contributed by atoms with Gasteiger partial charge in [0, 0.05) is 0 Å². The van der Waals surface area contributed by atoms with E-state index in [4.69, 9.17) is 0 Å². The Morgan fingerprint density at radius 3 is 2.14 bits per heavy atom. The van der Waals surface area contributed by atoms with Gasteiger partial charge >= 0.3 is 0 Å². The van der Waals surface area contributed by atoms with Gasteiger partial charge in [0.05, 0.1) is 9.52 Å². The molecule has 0 N–H and O–H groups in total. The summed E-state index contributed by atoms with van der Waals surface area (Å²) in [4.78, 5) is 0. The molecular weight excluding hydrogens is 268 g/mol. The van der Waals surface area contributed by atoms with Crippen LogP contribution >= 0.6 is 0 Å². The van der Waals surface area contributed by atoms with Crippen molar-refractivity contribution >= 4 is 14.7 Å². The average molecular weight is 299 g/mol. The van der Waals surface area contributed by atoms with E-state index in [1.165, 1.54) is 31.7 Å². The molecule has 5 rings (SSSR count). The molecule has 4 saturated carbocycles. The summed E-state index contributed by atoms with van der Waals surface area (Å²) in [5.74, 6) is 1.93. The minimum absolute atomic E-state index is 0.0315. The molecule has 0 heterocycles. The SMILES string of the molecule is CC[SiH2]c1ccc(C2CCC(C34CC(C)(C3)C4)CC2)cc1. The first kappa shape index (κ1) is 14.1. The van der Waals surface area contributed by atoms with E-state index in [0.717, 1.165) is 22.7 Å². The monoisotopic (exact) mass is 298 g/mol. The Labute approximate surface area is 132 Å². The largest absolute Gasteiger partial charge is 0.0680 e. The van der Waals surface area contributed by atoms with Crippen LogP contribution in [0.1, 0.15) is 70.3 Å². The molecule has 0 unspecified atom stereocenters. The van der Waals surface area contributed by atoms with Crippen molar-refractivity contribution in [1.29, 1.82) is 0 Å². The van der Waals surface area contributed by atoms with Crippen molar-refractivity contribution in [3.8, 4) is 0 Å². The molecular formula is C20H30Si. The fraction of sp³-hybridized carbons (Fsp3) is 0.700. The van der Waals surface area contributed by atoms with Crippen molar-refractivity contribution in [2.45, 2.75) is 70.8 Å². The lowest BCUT2D eigenvalue weighted by molar-refractivity contribution is -0.230. The van der Waals surface area contributed by atoms with E-state index in [0.29, 0.717) is 0 Å². The van der Waals surface area contributed by atoms with Crippen LogP contribution in [0.2, 0.25) is 6.04 Å². The Bertz CT molecular complexity index is 487. The summed E-state index contributed by atoms with van der Waals surface area (Å²) >= 11 is 0. The van der Waals surface area contributed by atoms with Gasteiger partial charge in [-0.3, -0.25) is 0 Å². The molecule has 4 aliphatic rings. The van der Waals surface area contributed by atoms with Crippen molar-refractivity contribution < 1.29 is 0 Å². The van der Waals surface area contributed by atoms with E-state index in [2.05, 4.69) is 38.1 Å². The first-order valence-electron chi connectivity index (χ1n) is 9.21. The summed E-state index contributed by atoms with van der Waals surface area (Å²) in [6, 6.07) is 11.2. The third-order valence-corrected chi connectivity index (χ3v) is 8.47. The first-order chi connectivity index (χ1) is 10.1. The number of benzene rings is 1. The molecule has 2 bridgehead atoms. The Kier molecular flexibility index (Phi) is 3.33. The molecule has 0 nitrogen and oxygen atoms in total. The summed E-state index contributed by atoms with van der Waals surface area (Å²) in [5.41, 5.74) is 3.25. The normalized spacial score (nSPS) is 41.8. The van der Waals surface area contributed by atoms with Gasteiger partial charge in [-0.1, -0.05) is 49.3 Å². The van der Waals surface area contributed by atoms with Crippen molar-refractivity contribution in [2.75, 3.05) is 0 Å². The molecule has 0 radical (unpaired) electrons. The Morgan fingerprint density at radius 2 is 1.62 bits per heavy atom. The molecule has 0 atom stereocenters. The van der Waals surface area contributed by atoms with Gasteiger partial charge in [-0.05, 0) is 73.2 Å². The van der Waals surface area contributed by atoms with Gasteiger partial charge < -0.3 is 0 Å². The zero-order chi connectivity index (χ0) is 14.5. The van der Waals surface area contributed by atoms with Crippen LogP contribution in [0.15, 0.2) is 24.3 Å². The first-order valence-corrected chi connectivity index (χ1v) is 10.9. The van der Waals surface area contributed by atoms with Gasteiger partial charge in [0.15, 0.2) is 0 Å². The van der Waals surface area contributed by atoms with E-state index >= 15 is 0 Å². The second kappa shape index (κ2) is 4.98. The van der Waals surface area contributed by atoms with Gasteiger partial charge in [0.2, 0.25) is 0 Å². The van der Waals surface area contributed by atoms with Crippen LogP contribution in [-0.2, 0) is 0 Å². The Balaban J connectivity index is 1.34. The topological polar surface area (TPSA) is 0 Å². The van der Waals surface area contributed by atoms with Gasteiger partial charge in [-0.15, -0.1) is 0 Å². The zero-order valence-electron chi connectivity index (χ0n) is 13.8. The van der Waals surface area contributed by atoms with Crippen molar-refractivity contribution in [1.82, 2.24) is 0 Å². The summed E-state index contributed by atoms with van der Waals surface area (Å²) in [7, 11) is 0.0315. The van der Waals surface area contributed by atoms with Crippen LogP contribution in [0.25, 0.3) is 0 Å². The van der Waals surface area contributed by atoms with E-state index in [1.54, 1.807) is 30.0 Å². The average Bonchev–Trinajstić information content (AvgIpc) is 2.45. The molecule has 21 heavy (non-hydrogen) atoms. The minimum atomic E-state index is 0.0315. The highest BCUT2D eigenvalue weighted by molar-refractivity contribution is 6.53. The van der Waals surface area contributed by atoms with E-state index in [9.17, 15) is 0 Å². The summed E-state index contributed by atoms with van der Waals surface area (Å²) < 4.78 is 0. The highest BCUT2D eigenvalue weighted by Gasteiger charge is 2.67. The molecule has 0 aliphatic heterocycles. The third kappa shape index (κ3) is 2.32. The van der Waals surface area contributed by atoms with Crippen molar-refractivity contribution in [3.63, 3.8) is 0 Å². The molecule has 1 aromatic rings. The summed E-state index contributed by atoms with van der Waals surface area (Å²) in [6.07, 6.45) is 10.6. The summed E-state index contributed by atoms with van der Waals surface area (Å²) in [6.45, 7) is 4.83. The maximum atomic E-state index is 2.50. The second-order valence-electron chi connectivity index (χ2n) is 8.74. The van der Waals surface area contributed by atoms with E-state index < -0.39 is 0 Å². The van der Waals surface area contributed by atoms with E-state index in [-0.39, 0.29) is 9.52 Å². The Morgan fingerprint density at radius 1 is 1.00 bits per heavy atom. The predicted octanol–water partition coefficient (Wildman–Crippen LogP) is 4.38. The second-order valence-corrected chi connectivity index (χ2v) is 11.1. The fourth-order valence-electron chi connectivity index (χ4n) is 6.11. The molecule has 114 valence electrons. The standard InChI is InChI=1S/C20H30Si/c1-3-21-18-10-6-16(7-11-18)15-4-8-17(9-5-15)20-12-19(2,13-20)14-20/h6-7,10-11,15,17H,3-5,8-9,12-14,21H2,1-2H3. The maximum Gasteiger partial charge on any atom is 0.0544 e. The fourth-order valence-corrected chi connectivity index (χ4v) is 7.26. The molecule has 0 saturated heterocycles. The lowest BCUT2D eigenvalue weighted by Gasteiger charge is -2.73. The van der Waals surface area contributed by atoms with Gasteiger partial charge in [0.1, 0.15) is 0 Å². The minimum Gasteiger partial charge on any atom is -0.0680 e. The van der Waals surface area contributed by atoms with Crippen LogP contribution in [0.4, 0.5) is 0 Å². The van der Waals surface area contributed by atoms with Gasteiger partial charge in [-0.25, -0.2) is 0 Å². The number of hydrogen-bond donors (Lipinski definition) is 0. The van der Waals surface area contributed by atoms with Gasteiger partial charge in [-0.2, -0.15) is 0 Å². The van der Waals surface area contributed by atoms with Gasteiger partial charge in [0.25, 0.3) is 0 Å². The van der Waals surface area contributed by atoms with Crippen LogP contribution < -0.4 is 5.19 Å². The molecule has 1 heteroatoms. The van der Waals surface area contributed by atoms with Crippen LogP contribution in [0, 0.1) is 16.7 Å². The highest BCUT2D eigenvalue weighted by Crippen LogP contribution is 2.77. The molecule has 4 fully saturated rings. The Hall–Kier alpha value is -0.563. The highest BCUT2D eigenvalue weighted by atomic mass is 28.2. The van der Waals surface area contributed by atoms with Crippen LogP contribution in [0.3, 0.4) is 0 Å². The molecule has 0 aromatic heterocycles. The molecule has 0 spiro atoms. The quantitative estimate of drug-likeness (QED) is 0.724. The smallest absolute Gasteiger partial charge is 0.0544 e. The third-order valence-electron chi connectivity index (χ3n) is 6.92. The summed E-state index contributed by atoms with van der Waals surface area (Å²) in [5, 5.41) is 1.65. The lowest BCUT2D eigenvalue weighted by Crippen LogP contribution is -2.63. The lowest BCUT2D eigenvalue weighted by atomic mass is 9.32. The molecule has 1 aromatic carbocycles. The number of rotatable bonds is 4. The van der Waals surface area contributed by atoms with E-state index in [1.807, 2.05) is 0 Å². The van der Waals surface area contributed by atoms with Crippen LogP contribution in [0.5, 0.6) is 0 Å². The zero-order valence-corrected chi connectivity index (χ0v) is 15.2. The molecule has 0 amide bonds. The van der Waals surface area contributed by atoms with Crippen molar-refractivity contribution in [3.05, 3.63) is 29.8 Å².